The zero-order valence-corrected chi connectivity index (χ0v) is 8.62. The number of hydrogen-bond donors (Lipinski definition) is 0. The smallest absolute Gasteiger partial charge is 0.391 e. The molecule has 0 N–H and O–H groups in total. The number of alkyl halides is 3. The maximum Gasteiger partial charge on any atom is 0.391 e. The molecule has 1 aromatic rings. The summed E-state index contributed by atoms with van der Waals surface area (Å²) >= 11 is 0. The van der Waals surface area contributed by atoms with Crippen molar-refractivity contribution in [3.05, 3.63) is 29.8 Å². The van der Waals surface area contributed by atoms with Crippen molar-refractivity contribution in [1.29, 1.82) is 0 Å². The van der Waals surface area contributed by atoms with E-state index in [-0.39, 0.29) is 0 Å². The lowest BCUT2D eigenvalue weighted by molar-refractivity contribution is -0.137. The molecule has 2 atom stereocenters. The summed E-state index contributed by atoms with van der Waals surface area (Å²) in [6, 6.07) is 6.91. The topological polar surface area (TPSA) is 21.8 Å². The van der Waals surface area contributed by atoms with Crippen LogP contribution in [0.25, 0.3) is 0 Å². The maximum absolute atomic E-state index is 12.1. The zero-order chi connectivity index (χ0) is 11.8. The number of ether oxygens (including phenoxy) is 2. The van der Waals surface area contributed by atoms with E-state index in [1.54, 1.807) is 24.3 Å². The summed E-state index contributed by atoms with van der Waals surface area (Å²) in [5, 5.41) is 0. The van der Waals surface area contributed by atoms with Gasteiger partial charge in [0.15, 0.2) is 0 Å². The van der Waals surface area contributed by atoms with Gasteiger partial charge < -0.3 is 9.47 Å². The van der Waals surface area contributed by atoms with Gasteiger partial charge in [0, 0.05) is 0 Å². The average Bonchev–Trinajstić information content (AvgIpc) is 2.94. The third-order valence-corrected chi connectivity index (χ3v) is 2.44. The molecule has 0 bridgehead atoms. The van der Waals surface area contributed by atoms with Crippen LogP contribution in [-0.2, 0) is 4.74 Å². The summed E-state index contributed by atoms with van der Waals surface area (Å²) in [5.41, 5.74) is 0.730. The molecule has 0 saturated carbocycles. The minimum atomic E-state index is -4.17. The fourth-order valence-corrected chi connectivity index (χ4v) is 1.64. The molecule has 0 spiro atoms. The van der Waals surface area contributed by atoms with Gasteiger partial charge in [-0.25, -0.2) is 0 Å². The van der Waals surface area contributed by atoms with Crippen molar-refractivity contribution in [1.82, 2.24) is 0 Å². The van der Waals surface area contributed by atoms with Gasteiger partial charge in [0.1, 0.15) is 11.9 Å². The molecule has 1 aliphatic rings. The lowest BCUT2D eigenvalue weighted by Gasteiger charge is -2.03. The molecule has 1 aliphatic heterocycles. The second-order valence-corrected chi connectivity index (χ2v) is 3.69. The standard InChI is InChI=1S/C11H11F3O2/c1-15-8-4-2-3-7(5-8)10-9(16-10)6-11(12,13)14/h2-5,9-10H,6H2,1H3/t9-,10-/m1/s1. The molecule has 1 heterocycles. The van der Waals surface area contributed by atoms with Crippen LogP contribution in [0.3, 0.4) is 0 Å². The van der Waals surface area contributed by atoms with Crippen LogP contribution in [0.15, 0.2) is 24.3 Å². The van der Waals surface area contributed by atoms with Gasteiger partial charge in [-0.15, -0.1) is 0 Å². The molecule has 0 aromatic heterocycles. The summed E-state index contributed by atoms with van der Waals surface area (Å²) < 4.78 is 46.2. The SMILES string of the molecule is COc1cccc([C@H]2O[C@@H]2CC(F)(F)F)c1. The highest BCUT2D eigenvalue weighted by Crippen LogP contribution is 2.45. The lowest BCUT2D eigenvalue weighted by atomic mass is 10.1. The minimum Gasteiger partial charge on any atom is -0.497 e. The van der Waals surface area contributed by atoms with Gasteiger partial charge in [-0.1, -0.05) is 12.1 Å². The van der Waals surface area contributed by atoms with Gasteiger partial charge in [0.2, 0.25) is 0 Å². The molecular weight excluding hydrogens is 221 g/mol. The maximum atomic E-state index is 12.1. The first-order chi connectivity index (χ1) is 7.49. The molecule has 0 amide bonds. The molecule has 0 radical (unpaired) electrons. The quantitative estimate of drug-likeness (QED) is 0.747. The first kappa shape index (κ1) is 11.3. The first-order valence-corrected chi connectivity index (χ1v) is 4.86. The largest absolute Gasteiger partial charge is 0.497 e. The summed E-state index contributed by atoms with van der Waals surface area (Å²) in [7, 11) is 1.51. The Labute approximate surface area is 91.0 Å². The predicted octanol–water partition coefficient (Wildman–Crippen LogP) is 3.09. The van der Waals surface area contributed by atoms with Crippen molar-refractivity contribution >= 4 is 0 Å². The Kier molecular flexibility index (Phi) is 2.80. The Morgan fingerprint density at radius 3 is 2.75 bits per heavy atom. The highest BCUT2D eigenvalue weighted by Gasteiger charge is 2.47. The second kappa shape index (κ2) is 3.97. The van der Waals surface area contributed by atoms with Crippen molar-refractivity contribution < 1.29 is 22.6 Å². The average molecular weight is 232 g/mol. The predicted molar refractivity (Wildman–Crippen MR) is 51.3 cm³/mol. The minimum absolute atomic E-state index is 0.447. The van der Waals surface area contributed by atoms with Gasteiger partial charge in [-0.2, -0.15) is 13.2 Å². The van der Waals surface area contributed by atoms with Crippen LogP contribution in [0, 0.1) is 0 Å². The Balaban J connectivity index is 2.00. The van der Waals surface area contributed by atoms with Crippen LogP contribution < -0.4 is 4.74 Å². The molecule has 0 aliphatic carbocycles. The second-order valence-electron chi connectivity index (χ2n) is 3.69. The molecule has 1 fully saturated rings. The van der Waals surface area contributed by atoms with E-state index >= 15 is 0 Å². The molecule has 16 heavy (non-hydrogen) atoms. The number of benzene rings is 1. The van der Waals surface area contributed by atoms with Crippen molar-refractivity contribution in [3.8, 4) is 5.75 Å². The summed E-state index contributed by atoms with van der Waals surface area (Å²) in [5.74, 6) is 0.624. The van der Waals surface area contributed by atoms with E-state index in [0.29, 0.717) is 5.75 Å². The van der Waals surface area contributed by atoms with Gasteiger partial charge in [-0.3, -0.25) is 0 Å². The van der Waals surface area contributed by atoms with Crippen molar-refractivity contribution in [2.75, 3.05) is 7.11 Å². The van der Waals surface area contributed by atoms with Crippen molar-refractivity contribution in [3.63, 3.8) is 0 Å². The van der Waals surface area contributed by atoms with Crippen LogP contribution in [0.5, 0.6) is 5.75 Å². The van der Waals surface area contributed by atoms with Crippen molar-refractivity contribution in [2.24, 2.45) is 0 Å². The van der Waals surface area contributed by atoms with Gasteiger partial charge >= 0.3 is 6.18 Å². The Hall–Kier alpha value is -1.23. The molecule has 0 unspecified atom stereocenters. The summed E-state index contributed by atoms with van der Waals surface area (Å²) in [6.07, 6.45) is -6.25. The van der Waals surface area contributed by atoms with Crippen LogP contribution in [0.1, 0.15) is 18.1 Å². The highest BCUT2D eigenvalue weighted by molar-refractivity contribution is 5.32. The van der Waals surface area contributed by atoms with E-state index in [9.17, 15) is 13.2 Å². The van der Waals surface area contributed by atoms with Gasteiger partial charge in [0.05, 0.1) is 19.6 Å². The summed E-state index contributed by atoms with van der Waals surface area (Å²) in [4.78, 5) is 0. The number of epoxide rings is 1. The van der Waals surface area contributed by atoms with Crippen LogP contribution in [0.2, 0.25) is 0 Å². The van der Waals surface area contributed by atoms with Crippen LogP contribution in [0.4, 0.5) is 13.2 Å². The van der Waals surface area contributed by atoms with Crippen molar-refractivity contribution in [2.45, 2.75) is 24.8 Å². The molecule has 2 nitrogen and oxygen atoms in total. The van der Waals surface area contributed by atoms with E-state index in [1.165, 1.54) is 7.11 Å². The lowest BCUT2D eigenvalue weighted by Crippen LogP contribution is -2.11. The third-order valence-electron chi connectivity index (χ3n) is 2.44. The fraction of sp³-hybridized carbons (Fsp3) is 0.455. The Morgan fingerprint density at radius 2 is 2.12 bits per heavy atom. The van der Waals surface area contributed by atoms with E-state index in [4.69, 9.17) is 9.47 Å². The number of rotatable bonds is 3. The van der Waals surface area contributed by atoms with Gasteiger partial charge in [0.25, 0.3) is 0 Å². The Bertz CT molecular complexity index is 376. The first-order valence-electron chi connectivity index (χ1n) is 4.86. The third kappa shape index (κ3) is 2.66. The molecule has 88 valence electrons. The number of hydrogen-bond acceptors (Lipinski definition) is 2. The molecule has 5 heteroatoms. The fourth-order valence-electron chi connectivity index (χ4n) is 1.64. The normalized spacial score (nSPS) is 24.2. The van der Waals surface area contributed by atoms with E-state index in [0.717, 1.165) is 5.56 Å². The number of methoxy groups -OCH3 is 1. The zero-order valence-electron chi connectivity index (χ0n) is 8.62. The molecule has 1 aromatic carbocycles. The molecule has 2 rings (SSSR count). The summed E-state index contributed by atoms with van der Waals surface area (Å²) in [6.45, 7) is 0. The van der Waals surface area contributed by atoms with Gasteiger partial charge in [-0.05, 0) is 17.7 Å². The molecular formula is C11H11F3O2. The highest BCUT2D eigenvalue weighted by atomic mass is 19.4. The monoisotopic (exact) mass is 232 g/mol. The van der Waals surface area contributed by atoms with E-state index in [2.05, 4.69) is 0 Å². The van der Waals surface area contributed by atoms with E-state index in [1.807, 2.05) is 0 Å². The van der Waals surface area contributed by atoms with Crippen LogP contribution >= 0.6 is 0 Å². The molecule has 1 saturated heterocycles. The van der Waals surface area contributed by atoms with E-state index < -0.39 is 24.8 Å². The number of halogens is 3. The Morgan fingerprint density at radius 1 is 1.38 bits per heavy atom. The van der Waals surface area contributed by atoms with Crippen LogP contribution in [-0.4, -0.2) is 19.4 Å².